The minimum atomic E-state index is -0.640. The number of carbonyl (C=O) groups excluding carboxylic acids is 1. The predicted molar refractivity (Wildman–Crippen MR) is 99.5 cm³/mol. The summed E-state index contributed by atoms with van der Waals surface area (Å²) in [6, 6.07) is 7.07. The Balaban J connectivity index is 2.40. The van der Waals surface area contributed by atoms with Crippen LogP contribution in [0.1, 0.15) is 50.0 Å². The highest BCUT2D eigenvalue weighted by molar-refractivity contribution is 5.94. The molecule has 2 N–H and O–H groups in total. The second kappa shape index (κ2) is 9.42. The first-order valence-corrected chi connectivity index (χ1v) is 8.43. The van der Waals surface area contributed by atoms with Gasteiger partial charge in [-0.2, -0.15) is 0 Å². The number of nitrogens with zero attached hydrogens (tertiary/aromatic N) is 3. The first kappa shape index (κ1) is 21.0. The van der Waals surface area contributed by atoms with Crippen LogP contribution in [-0.2, 0) is 10.3 Å². The van der Waals surface area contributed by atoms with Gasteiger partial charge >= 0.3 is 0 Å². The van der Waals surface area contributed by atoms with Gasteiger partial charge in [0, 0.05) is 29.2 Å². The molecule has 0 heterocycles. The normalized spacial score (nSPS) is 11.7. The zero-order chi connectivity index (χ0) is 18.9. The molecule has 0 fully saturated rings. The average molecular weight is 347 g/mol. The van der Waals surface area contributed by atoms with Gasteiger partial charge in [0.2, 0.25) is 0 Å². The molecule has 0 saturated carbocycles. The molecule has 7 heteroatoms. The molecule has 0 atom stereocenters. The Labute approximate surface area is 149 Å². The molecule has 0 radical (unpaired) electrons. The number of ether oxygens (including phenoxy) is 1. The second-order valence-electron chi connectivity index (χ2n) is 7.08. The molecule has 25 heavy (non-hydrogen) atoms. The van der Waals surface area contributed by atoms with Crippen molar-refractivity contribution < 1.29 is 9.53 Å². The van der Waals surface area contributed by atoms with E-state index >= 15 is 0 Å². The van der Waals surface area contributed by atoms with Crippen LogP contribution in [0.4, 0.5) is 0 Å². The summed E-state index contributed by atoms with van der Waals surface area (Å²) < 4.78 is 5.55. The van der Waals surface area contributed by atoms with Gasteiger partial charge in [-0.05, 0) is 50.5 Å². The summed E-state index contributed by atoms with van der Waals surface area (Å²) >= 11 is 0. The van der Waals surface area contributed by atoms with Crippen molar-refractivity contribution in [2.24, 2.45) is 5.11 Å². The van der Waals surface area contributed by atoms with Crippen LogP contribution < -0.4 is 10.6 Å². The van der Waals surface area contributed by atoms with Crippen molar-refractivity contribution in [1.82, 2.24) is 10.6 Å². The van der Waals surface area contributed by atoms with E-state index in [-0.39, 0.29) is 11.4 Å². The summed E-state index contributed by atoms with van der Waals surface area (Å²) in [4.78, 5) is 15.0. The van der Waals surface area contributed by atoms with Gasteiger partial charge < -0.3 is 15.4 Å². The van der Waals surface area contributed by atoms with E-state index in [1.54, 1.807) is 24.3 Å². The Bertz CT molecular complexity index is 604. The maximum atomic E-state index is 12.1. The van der Waals surface area contributed by atoms with Crippen LogP contribution in [0.3, 0.4) is 0 Å². The molecule has 7 nitrogen and oxygen atoms in total. The molecular weight excluding hydrogens is 318 g/mol. The van der Waals surface area contributed by atoms with E-state index in [1.165, 1.54) is 0 Å². The van der Waals surface area contributed by atoms with E-state index < -0.39 is 5.54 Å². The van der Waals surface area contributed by atoms with Crippen molar-refractivity contribution in [2.45, 2.75) is 45.2 Å². The lowest BCUT2D eigenvalue weighted by atomic mass is 9.94. The zero-order valence-corrected chi connectivity index (χ0v) is 15.8. The lowest BCUT2D eigenvalue weighted by molar-refractivity contribution is 0.0894. The minimum absolute atomic E-state index is 0.0500. The third-order valence-corrected chi connectivity index (χ3v) is 4.23. The molecule has 0 aliphatic heterocycles. The molecule has 138 valence electrons. The van der Waals surface area contributed by atoms with Gasteiger partial charge in [0.05, 0.1) is 12.1 Å². The minimum Gasteiger partial charge on any atom is -0.380 e. The molecule has 0 bridgehead atoms. The molecule has 0 spiro atoms. The Morgan fingerprint density at radius 1 is 1.20 bits per heavy atom. The number of hydrogen-bond donors (Lipinski definition) is 2. The fourth-order valence-electron chi connectivity index (χ4n) is 2.09. The van der Waals surface area contributed by atoms with Gasteiger partial charge in [-0.1, -0.05) is 31.1 Å². The van der Waals surface area contributed by atoms with Gasteiger partial charge in [-0.25, -0.2) is 0 Å². The molecule has 0 unspecified atom stereocenters. The Morgan fingerprint density at radius 3 is 2.40 bits per heavy atom. The second-order valence-corrected chi connectivity index (χ2v) is 7.08. The van der Waals surface area contributed by atoms with E-state index in [0.29, 0.717) is 25.3 Å². The summed E-state index contributed by atoms with van der Waals surface area (Å²) in [5.74, 6) is -0.146. The Kier molecular flexibility index (Phi) is 7.90. The summed E-state index contributed by atoms with van der Waals surface area (Å²) in [6.45, 7) is 9.48. The first-order valence-electron chi connectivity index (χ1n) is 8.43. The van der Waals surface area contributed by atoms with E-state index in [9.17, 15) is 4.79 Å². The highest BCUT2D eigenvalue weighted by Gasteiger charge is 2.19. The quantitative estimate of drug-likeness (QED) is 0.294. The lowest BCUT2D eigenvalue weighted by Crippen LogP contribution is -2.37. The molecule has 0 saturated heterocycles. The van der Waals surface area contributed by atoms with Crippen molar-refractivity contribution in [1.29, 1.82) is 0 Å². The molecular formula is C18H29N5O2. The number of benzene rings is 1. The number of hydrogen-bond acceptors (Lipinski definition) is 4. The number of carbonyl (C=O) groups is 1. The van der Waals surface area contributed by atoms with Crippen LogP contribution in [-0.4, -0.2) is 38.3 Å². The summed E-state index contributed by atoms with van der Waals surface area (Å²) in [5, 5.41) is 9.81. The average Bonchev–Trinajstić information content (AvgIpc) is 2.58. The lowest BCUT2D eigenvalue weighted by Gasteiger charge is -2.23. The largest absolute Gasteiger partial charge is 0.380 e. The standard InChI is InChI=1S/C18H29N5O2/c1-17(2,20-5)10-12-25-13-11-21-16(24)14-6-8-15(9-7-14)18(3,4)22-23-19/h6-9,20H,10-13H2,1-5H3,(H,21,24). The van der Waals surface area contributed by atoms with Crippen molar-refractivity contribution in [3.05, 3.63) is 45.8 Å². The Morgan fingerprint density at radius 2 is 1.84 bits per heavy atom. The maximum absolute atomic E-state index is 12.1. The van der Waals surface area contributed by atoms with Crippen molar-refractivity contribution in [3.8, 4) is 0 Å². The fraction of sp³-hybridized carbons (Fsp3) is 0.611. The van der Waals surface area contributed by atoms with E-state index in [1.807, 2.05) is 20.9 Å². The molecule has 1 amide bonds. The van der Waals surface area contributed by atoms with E-state index in [4.69, 9.17) is 10.3 Å². The molecule has 1 rings (SSSR count). The van der Waals surface area contributed by atoms with Crippen LogP contribution >= 0.6 is 0 Å². The number of nitrogens with one attached hydrogen (secondary N) is 2. The molecule has 0 aromatic heterocycles. The molecule has 0 aliphatic carbocycles. The number of azide groups is 1. The fourth-order valence-corrected chi connectivity index (χ4v) is 2.09. The van der Waals surface area contributed by atoms with Crippen molar-refractivity contribution in [3.63, 3.8) is 0 Å². The summed E-state index contributed by atoms with van der Waals surface area (Å²) in [5.41, 5.74) is 9.44. The number of amides is 1. The van der Waals surface area contributed by atoms with Gasteiger partial charge in [0.25, 0.3) is 5.91 Å². The highest BCUT2D eigenvalue weighted by atomic mass is 16.5. The van der Waals surface area contributed by atoms with Crippen LogP contribution in [0.15, 0.2) is 29.4 Å². The first-order chi connectivity index (χ1) is 11.7. The summed E-state index contributed by atoms with van der Waals surface area (Å²) in [6.07, 6.45) is 0.903. The monoisotopic (exact) mass is 347 g/mol. The van der Waals surface area contributed by atoms with E-state index in [2.05, 4.69) is 34.5 Å². The molecule has 1 aromatic rings. The van der Waals surface area contributed by atoms with E-state index in [0.717, 1.165) is 12.0 Å². The summed E-state index contributed by atoms with van der Waals surface area (Å²) in [7, 11) is 1.93. The highest BCUT2D eigenvalue weighted by Crippen LogP contribution is 2.25. The van der Waals surface area contributed by atoms with Crippen LogP contribution in [0, 0.1) is 0 Å². The molecule has 1 aromatic carbocycles. The SMILES string of the molecule is CNC(C)(C)CCOCCNC(=O)c1ccc(C(C)(C)N=[N+]=[N-])cc1. The topological polar surface area (TPSA) is 99.1 Å². The van der Waals surface area contributed by atoms with Gasteiger partial charge in [-0.15, -0.1) is 0 Å². The van der Waals surface area contributed by atoms with Crippen LogP contribution in [0.2, 0.25) is 0 Å². The third kappa shape index (κ3) is 7.13. The predicted octanol–water partition coefficient (Wildman–Crippen LogP) is 3.37. The molecule has 0 aliphatic rings. The van der Waals surface area contributed by atoms with Crippen LogP contribution in [0.5, 0.6) is 0 Å². The van der Waals surface area contributed by atoms with Gasteiger partial charge in [0.15, 0.2) is 0 Å². The van der Waals surface area contributed by atoms with Crippen molar-refractivity contribution in [2.75, 3.05) is 26.8 Å². The Hall–Kier alpha value is -2.08. The smallest absolute Gasteiger partial charge is 0.251 e. The van der Waals surface area contributed by atoms with Gasteiger partial charge in [0.1, 0.15) is 0 Å². The van der Waals surface area contributed by atoms with Gasteiger partial charge in [-0.3, -0.25) is 4.79 Å². The van der Waals surface area contributed by atoms with Crippen LogP contribution in [0.25, 0.3) is 10.4 Å². The zero-order valence-electron chi connectivity index (χ0n) is 15.8. The van der Waals surface area contributed by atoms with Crippen molar-refractivity contribution >= 4 is 5.91 Å². The third-order valence-electron chi connectivity index (χ3n) is 4.23. The maximum Gasteiger partial charge on any atom is 0.251 e. The number of rotatable bonds is 10.